The normalized spacial score (nSPS) is 23.2. The molecule has 0 radical (unpaired) electrons. The van der Waals surface area contributed by atoms with E-state index in [1.54, 1.807) is 0 Å². The zero-order chi connectivity index (χ0) is 15.6. The fourth-order valence-electron chi connectivity index (χ4n) is 2.52. The molecule has 2 atom stereocenters. The number of likely N-dealkylation sites (tertiary alicyclic amines) is 1. The average Bonchev–Trinajstić information content (AvgIpc) is 2.40. The molecule has 0 aliphatic carbocycles. The topological polar surface area (TPSA) is 46.3 Å². The van der Waals surface area contributed by atoms with Gasteiger partial charge in [-0.3, -0.25) is 4.79 Å². The molecule has 1 aliphatic heterocycles. The molecule has 1 aliphatic rings. The first-order valence-electron chi connectivity index (χ1n) is 6.64. The summed E-state index contributed by atoms with van der Waals surface area (Å²) in [7, 11) is 0. The lowest BCUT2D eigenvalue weighted by Crippen LogP contribution is -2.57. The minimum absolute atomic E-state index is 0.0857. The molecule has 1 aromatic rings. The largest absolute Gasteiger partial charge is 0.408 e. The highest BCUT2D eigenvalue weighted by Gasteiger charge is 2.47. The summed E-state index contributed by atoms with van der Waals surface area (Å²) in [5.41, 5.74) is 5.74. The predicted molar refractivity (Wildman–Crippen MR) is 68.9 cm³/mol. The SMILES string of the molecule is NC1CCC(C(F)(F)F)N(C(=O)Cc2ccccc2F)C1. The van der Waals surface area contributed by atoms with Crippen LogP contribution in [0.4, 0.5) is 17.6 Å². The van der Waals surface area contributed by atoms with Crippen molar-refractivity contribution in [2.24, 2.45) is 5.73 Å². The summed E-state index contributed by atoms with van der Waals surface area (Å²) in [5, 5.41) is 0. The number of piperidine rings is 1. The second kappa shape index (κ2) is 6.01. The Hall–Kier alpha value is -1.63. The highest BCUT2D eigenvalue weighted by atomic mass is 19.4. The van der Waals surface area contributed by atoms with Crippen LogP contribution in [0.2, 0.25) is 0 Å². The second-order valence-electron chi connectivity index (χ2n) is 5.21. The first kappa shape index (κ1) is 15.8. The molecule has 1 heterocycles. The molecule has 0 spiro atoms. The van der Waals surface area contributed by atoms with Gasteiger partial charge in [-0.15, -0.1) is 0 Å². The third-order valence-corrected chi connectivity index (χ3v) is 3.62. The number of benzene rings is 1. The number of nitrogens with zero attached hydrogens (tertiary/aromatic N) is 1. The number of amides is 1. The van der Waals surface area contributed by atoms with Gasteiger partial charge in [0.25, 0.3) is 0 Å². The van der Waals surface area contributed by atoms with Gasteiger partial charge in [0, 0.05) is 12.6 Å². The lowest BCUT2D eigenvalue weighted by molar-refractivity contribution is -0.196. The van der Waals surface area contributed by atoms with E-state index >= 15 is 0 Å². The monoisotopic (exact) mass is 304 g/mol. The number of rotatable bonds is 2. The standard InChI is InChI=1S/C14H16F4N2O/c15-11-4-2-1-3-9(11)7-13(21)20-8-10(19)5-6-12(20)14(16,17)18/h1-4,10,12H,5-8,19H2. The van der Waals surface area contributed by atoms with Gasteiger partial charge in [0.1, 0.15) is 11.9 Å². The molecule has 0 saturated carbocycles. The Bertz CT molecular complexity index is 518. The highest BCUT2D eigenvalue weighted by Crippen LogP contribution is 2.32. The number of alkyl halides is 3. The molecule has 116 valence electrons. The number of hydrogen-bond acceptors (Lipinski definition) is 2. The van der Waals surface area contributed by atoms with Crippen molar-refractivity contribution in [1.82, 2.24) is 4.90 Å². The van der Waals surface area contributed by atoms with Crippen molar-refractivity contribution < 1.29 is 22.4 Å². The van der Waals surface area contributed by atoms with Crippen LogP contribution in [0.1, 0.15) is 18.4 Å². The van der Waals surface area contributed by atoms with Crippen molar-refractivity contribution in [2.45, 2.75) is 37.5 Å². The molecule has 2 N–H and O–H groups in total. The molecule has 1 aromatic carbocycles. The second-order valence-corrected chi connectivity index (χ2v) is 5.21. The van der Waals surface area contributed by atoms with Crippen LogP contribution < -0.4 is 5.73 Å². The summed E-state index contributed by atoms with van der Waals surface area (Å²) in [6.07, 6.45) is -4.89. The number of hydrogen-bond donors (Lipinski definition) is 1. The Labute approximate surface area is 119 Å². The Balaban J connectivity index is 2.16. The molecule has 1 fully saturated rings. The molecular weight excluding hydrogens is 288 g/mol. The smallest absolute Gasteiger partial charge is 0.329 e. The predicted octanol–water partition coefficient (Wildman–Crippen LogP) is 2.25. The highest BCUT2D eigenvalue weighted by molar-refractivity contribution is 5.79. The maximum absolute atomic E-state index is 13.5. The van der Waals surface area contributed by atoms with Gasteiger partial charge in [0.2, 0.25) is 5.91 Å². The third kappa shape index (κ3) is 3.72. The molecule has 2 rings (SSSR count). The van der Waals surface area contributed by atoms with Crippen LogP contribution in [-0.4, -0.2) is 35.6 Å². The van der Waals surface area contributed by atoms with E-state index in [2.05, 4.69) is 0 Å². The van der Waals surface area contributed by atoms with E-state index in [0.717, 1.165) is 4.90 Å². The van der Waals surface area contributed by atoms with Gasteiger partial charge in [-0.25, -0.2) is 4.39 Å². The van der Waals surface area contributed by atoms with E-state index in [4.69, 9.17) is 5.73 Å². The van der Waals surface area contributed by atoms with Crippen molar-refractivity contribution in [3.05, 3.63) is 35.6 Å². The maximum atomic E-state index is 13.5. The fraction of sp³-hybridized carbons (Fsp3) is 0.500. The van der Waals surface area contributed by atoms with Gasteiger partial charge in [-0.1, -0.05) is 18.2 Å². The summed E-state index contributed by atoms with van der Waals surface area (Å²) < 4.78 is 52.5. The van der Waals surface area contributed by atoms with Gasteiger partial charge < -0.3 is 10.6 Å². The molecule has 1 amide bonds. The molecule has 1 saturated heterocycles. The quantitative estimate of drug-likeness (QED) is 0.852. The van der Waals surface area contributed by atoms with Gasteiger partial charge in [0.05, 0.1) is 6.42 Å². The van der Waals surface area contributed by atoms with E-state index in [9.17, 15) is 22.4 Å². The fourth-order valence-corrected chi connectivity index (χ4v) is 2.52. The maximum Gasteiger partial charge on any atom is 0.408 e. The third-order valence-electron chi connectivity index (χ3n) is 3.62. The van der Waals surface area contributed by atoms with E-state index in [-0.39, 0.29) is 24.9 Å². The number of halogens is 4. The Kier molecular flexibility index (Phi) is 4.51. The molecule has 2 unspecified atom stereocenters. The van der Waals surface area contributed by atoms with Crippen LogP contribution in [0.15, 0.2) is 24.3 Å². The van der Waals surface area contributed by atoms with E-state index in [1.807, 2.05) is 0 Å². The summed E-state index contributed by atoms with van der Waals surface area (Å²) in [6.45, 7) is -0.155. The molecule has 21 heavy (non-hydrogen) atoms. The summed E-state index contributed by atoms with van der Waals surface area (Å²) in [4.78, 5) is 12.9. The van der Waals surface area contributed by atoms with Crippen LogP contribution >= 0.6 is 0 Å². The van der Waals surface area contributed by atoms with Crippen LogP contribution in [0, 0.1) is 5.82 Å². The Morgan fingerprint density at radius 1 is 1.29 bits per heavy atom. The van der Waals surface area contributed by atoms with Gasteiger partial charge >= 0.3 is 6.18 Å². The molecular formula is C14H16F4N2O. The zero-order valence-corrected chi connectivity index (χ0v) is 11.2. The molecule has 3 nitrogen and oxygen atoms in total. The van der Waals surface area contributed by atoms with Crippen molar-refractivity contribution in [3.63, 3.8) is 0 Å². The van der Waals surface area contributed by atoms with Gasteiger partial charge in [-0.05, 0) is 24.5 Å². The zero-order valence-electron chi connectivity index (χ0n) is 11.2. The number of carbonyl (C=O) groups excluding carboxylic acids is 1. The van der Waals surface area contributed by atoms with Gasteiger partial charge in [0.15, 0.2) is 0 Å². The molecule has 7 heteroatoms. The molecule has 0 bridgehead atoms. The Morgan fingerprint density at radius 2 is 1.95 bits per heavy atom. The minimum Gasteiger partial charge on any atom is -0.329 e. The van der Waals surface area contributed by atoms with E-state index in [0.29, 0.717) is 0 Å². The summed E-state index contributed by atoms with van der Waals surface area (Å²) in [5.74, 6) is -1.35. The van der Waals surface area contributed by atoms with E-state index < -0.39 is 36.4 Å². The summed E-state index contributed by atoms with van der Waals surface area (Å²) in [6, 6.07) is 3.24. The van der Waals surface area contributed by atoms with E-state index in [1.165, 1.54) is 24.3 Å². The first-order chi connectivity index (χ1) is 9.79. The van der Waals surface area contributed by atoms with Crippen molar-refractivity contribution in [3.8, 4) is 0 Å². The van der Waals surface area contributed by atoms with Crippen LogP contribution in [0.5, 0.6) is 0 Å². The minimum atomic E-state index is -4.50. The number of nitrogens with two attached hydrogens (primary N) is 1. The van der Waals surface area contributed by atoms with Crippen molar-refractivity contribution >= 4 is 5.91 Å². The van der Waals surface area contributed by atoms with Crippen molar-refractivity contribution in [2.75, 3.05) is 6.54 Å². The number of carbonyl (C=O) groups is 1. The molecule has 0 aromatic heterocycles. The van der Waals surface area contributed by atoms with Crippen molar-refractivity contribution in [1.29, 1.82) is 0 Å². The van der Waals surface area contributed by atoms with Crippen LogP contribution in [0.3, 0.4) is 0 Å². The first-order valence-corrected chi connectivity index (χ1v) is 6.64. The van der Waals surface area contributed by atoms with Crippen LogP contribution in [-0.2, 0) is 11.2 Å². The lowest BCUT2D eigenvalue weighted by Gasteiger charge is -2.39. The van der Waals surface area contributed by atoms with Crippen LogP contribution in [0.25, 0.3) is 0 Å². The van der Waals surface area contributed by atoms with Gasteiger partial charge in [-0.2, -0.15) is 13.2 Å². The average molecular weight is 304 g/mol. The Morgan fingerprint density at radius 3 is 2.57 bits per heavy atom. The lowest BCUT2D eigenvalue weighted by atomic mass is 9.97. The summed E-state index contributed by atoms with van der Waals surface area (Å²) >= 11 is 0.